The number of pyridine rings is 1. The fourth-order valence-electron chi connectivity index (χ4n) is 1.51. The Bertz CT molecular complexity index is 517. The van der Waals surface area contributed by atoms with E-state index >= 15 is 0 Å². The van der Waals surface area contributed by atoms with Gasteiger partial charge in [0.2, 0.25) is 0 Å². The van der Waals surface area contributed by atoms with Crippen LogP contribution in [0.15, 0.2) is 53.3 Å². The van der Waals surface area contributed by atoms with Crippen molar-refractivity contribution in [2.24, 2.45) is 0 Å². The summed E-state index contributed by atoms with van der Waals surface area (Å²) in [6.07, 6.45) is 3.10. The van der Waals surface area contributed by atoms with Crippen LogP contribution >= 0.6 is 15.9 Å². The maximum Gasteiger partial charge on any atom is 0.290 e. The minimum absolute atomic E-state index is 0.000422. The molecule has 1 N–H and O–H groups in total. The first-order chi connectivity index (χ1) is 8.58. The zero-order chi connectivity index (χ0) is 13.0. The van der Waals surface area contributed by atoms with Gasteiger partial charge in [0.05, 0.1) is 18.4 Å². The topological polar surface area (TPSA) is 24.9 Å². The first-order valence-corrected chi connectivity index (χ1v) is 6.15. The number of nitrogens with one attached hydrogen (secondary N) is 1. The lowest BCUT2D eigenvalue weighted by atomic mass is 10.1. The molecule has 0 saturated heterocycles. The number of nitrogens with zero attached hydrogens (tertiary/aromatic N) is 1. The Labute approximate surface area is 112 Å². The summed E-state index contributed by atoms with van der Waals surface area (Å²) in [7, 11) is 0. The Balaban J connectivity index is 2.05. The number of hydrogen-bond donors (Lipinski definition) is 1. The van der Waals surface area contributed by atoms with Crippen molar-refractivity contribution in [1.82, 2.24) is 4.98 Å². The molecule has 0 aliphatic heterocycles. The number of hydrogen-bond acceptors (Lipinski definition) is 2. The van der Waals surface area contributed by atoms with Crippen molar-refractivity contribution >= 4 is 21.6 Å². The number of aromatic nitrogens is 1. The standard InChI is InChI=1S/C13H11BrF2N2/c14-11-6-12(8-17-7-11)18-9-13(15,16)10-4-2-1-3-5-10/h1-8,18H,9H2. The number of anilines is 1. The molecule has 0 fully saturated rings. The van der Waals surface area contributed by atoms with Gasteiger partial charge in [0.25, 0.3) is 5.92 Å². The van der Waals surface area contributed by atoms with Gasteiger partial charge in [-0.1, -0.05) is 30.3 Å². The van der Waals surface area contributed by atoms with Crippen LogP contribution in [0.2, 0.25) is 0 Å². The van der Waals surface area contributed by atoms with E-state index in [-0.39, 0.29) is 5.56 Å². The predicted octanol–water partition coefficient (Wildman–Crippen LogP) is 4.05. The summed E-state index contributed by atoms with van der Waals surface area (Å²) in [5.41, 5.74) is 0.556. The number of rotatable bonds is 4. The van der Waals surface area contributed by atoms with Crippen LogP contribution in [0.1, 0.15) is 5.56 Å². The summed E-state index contributed by atoms with van der Waals surface area (Å²) in [5, 5.41) is 2.68. The van der Waals surface area contributed by atoms with Gasteiger partial charge in [0, 0.05) is 16.2 Å². The van der Waals surface area contributed by atoms with Crippen molar-refractivity contribution in [1.29, 1.82) is 0 Å². The molecule has 0 radical (unpaired) electrons. The molecule has 0 bridgehead atoms. The fraction of sp³-hybridized carbons (Fsp3) is 0.154. The molecule has 1 heterocycles. The van der Waals surface area contributed by atoms with Crippen LogP contribution in [0, 0.1) is 0 Å². The van der Waals surface area contributed by atoms with Gasteiger partial charge in [-0.2, -0.15) is 8.78 Å². The van der Waals surface area contributed by atoms with Gasteiger partial charge in [-0.25, -0.2) is 0 Å². The molecule has 0 saturated carbocycles. The summed E-state index contributed by atoms with van der Waals surface area (Å²) in [6, 6.07) is 9.45. The lowest BCUT2D eigenvalue weighted by Crippen LogP contribution is -2.24. The van der Waals surface area contributed by atoms with E-state index in [0.29, 0.717) is 5.69 Å². The predicted molar refractivity (Wildman–Crippen MR) is 70.8 cm³/mol. The molecule has 1 aromatic heterocycles. The first-order valence-electron chi connectivity index (χ1n) is 5.36. The van der Waals surface area contributed by atoms with Crippen molar-refractivity contribution in [3.05, 3.63) is 58.8 Å². The molecule has 18 heavy (non-hydrogen) atoms. The zero-order valence-electron chi connectivity index (χ0n) is 9.41. The summed E-state index contributed by atoms with van der Waals surface area (Å²) < 4.78 is 28.4. The molecule has 0 aliphatic carbocycles. The molecule has 0 spiro atoms. The van der Waals surface area contributed by atoms with Gasteiger partial charge in [-0.05, 0) is 22.0 Å². The molecule has 0 aliphatic rings. The van der Waals surface area contributed by atoms with E-state index in [1.54, 1.807) is 30.5 Å². The highest BCUT2D eigenvalue weighted by Gasteiger charge is 2.30. The molecule has 2 aromatic rings. The quantitative estimate of drug-likeness (QED) is 0.921. The van der Waals surface area contributed by atoms with Gasteiger partial charge < -0.3 is 5.32 Å². The van der Waals surface area contributed by atoms with E-state index in [1.807, 2.05) is 0 Å². The Hall–Kier alpha value is -1.49. The van der Waals surface area contributed by atoms with E-state index in [9.17, 15) is 8.78 Å². The largest absolute Gasteiger partial charge is 0.377 e. The molecular formula is C13H11BrF2N2. The highest BCUT2D eigenvalue weighted by atomic mass is 79.9. The second-order valence-corrected chi connectivity index (χ2v) is 4.73. The summed E-state index contributed by atoms with van der Waals surface area (Å²) in [6.45, 7) is -0.463. The molecule has 0 amide bonds. The minimum Gasteiger partial charge on any atom is -0.377 e. The third kappa shape index (κ3) is 3.26. The van der Waals surface area contributed by atoms with Gasteiger partial charge in [-0.3, -0.25) is 4.98 Å². The molecule has 2 nitrogen and oxygen atoms in total. The molecule has 0 atom stereocenters. The monoisotopic (exact) mass is 312 g/mol. The zero-order valence-corrected chi connectivity index (χ0v) is 11.0. The second-order valence-electron chi connectivity index (χ2n) is 3.82. The van der Waals surface area contributed by atoms with Crippen molar-refractivity contribution in [3.63, 3.8) is 0 Å². The second kappa shape index (κ2) is 5.44. The average molecular weight is 313 g/mol. The average Bonchev–Trinajstić information content (AvgIpc) is 2.38. The number of benzene rings is 1. The molecule has 0 unspecified atom stereocenters. The highest BCUT2D eigenvalue weighted by molar-refractivity contribution is 9.10. The van der Waals surface area contributed by atoms with Crippen LogP contribution in [0.4, 0.5) is 14.5 Å². The molecule has 94 valence electrons. The van der Waals surface area contributed by atoms with Crippen LogP contribution < -0.4 is 5.32 Å². The van der Waals surface area contributed by atoms with E-state index in [0.717, 1.165) is 4.47 Å². The van der Waals surface area contributed by atoms with Crippen LogP contribution in [0.25, 0.3) is 0 Å². The van der Waals surface area contributed by atoms with E-state index < -0.39 is 12.5 Å². The molecular weight excluding hydrogens is 302 g/mol. The summed E-state index contributed by atoms with van der Waals surface area (Å²) in [4.78, 5) is 3.90. The van der Waals surface area contributed by atoms with E-state index in [4.69, 9.17) is 0 Å². The van der Waals surface area contributed by atoms with Gasteiger partial charge in [0.15, 0.2) is 0 Å². The maximum atomic E-state index is 13.8. The van der Waals surface area contributed by atoms with Crippen molar-refractivity contribution < 1.29 is 8.78 Å². The minimum atomic E-state index is -2.91. The summed E-state index contributed by atoms with van der Waals surface area (Å²) in [5.74, 6) is -2.91. The van der Waals surface area contributed by atoms with Gasteiger partial charge in [0.1, 0.15) is 0 Å². The lowest BCUT2D eigenvalue weighted by molar-refractivity contribution is 0.0106. The lowest BCUT2D eigenvalue weighted by Gasteiger charge is -2.18. The molecule has 5 heteroatoms. The Morgan fingerprint density at radius 3 is 2.56 bits per heavy atom. The fourth-order valence-corrected chi connectivity index (χ4v) is 1.87. The SMILES string of the molecule is FC(F)(CNc1cncc(Br)c1)c1ccccc1. The Kier molecular flexibility index (Phi) is 3.91. The number of halogens is 3. The van der Waals surface area contributed by atoms with Crippen molar-refractivity contribution in [2.45, 2.75) is 5.92 Å². The van der Waals surface area contributed by atoms with Crippen LogP contribution in [0.3, 0.4) is 0 Å². The van der Waals surface area contributed by atoms with Crippen LogP contribution in [-0.4, -0.2) is 11.5 Å². The first kappa shape index (κ1) is 13.0. The van der Waals surface area contributed by atoms with Crippen molar-refractivity contribution in [2.75, 3.05) is 11.9 Å². The summed E-state index contributed by atoms with van der Waals surface area (Å²) >= 11 is 3.24. The van der Waals surface area contributed by atoms with Crippen LogP contribution in [-0.2, 0) is 5.92 Å². The smallest absolute Gasteiger partial charge is 0.290 e. The number of alkyl halides is 2. The third-order valence-corrected chi connectivity index (χ3v) is 2.85. The van der Waals surface area contributed by atoms with Crippen molar-refractivity contribution in [3.8, 4) is 0 Å². The van der Waals surface area contributed by atoms with E-state index in [1.165, 1.54) is 18.3 Å². The maximum absolute atomic E-state index is 13.8. The van der Waals surface area contributed by atoms with Gasteiger partial charge >= 0.3 is 0 Å². The Morgan fingerprint density at radius 1 is 1.17 bits per heavy atom. The molecule has 1 aromatic carbocycles. The van der Waals surface area contributed by atoms with E-state index in [2.05, 4.69) is 26.2 Å². The van der Waals surface area contributed by atoms with Crippen LogP contribution in [0.5, 0.6) is 0 Å². The normalized spacial score (nSPS) is 11.3. The molecule has 2 rings (SSSR count). The van der Waals surface area contributed by atoms with Gasteiger partial charge in [-0.15, -0.1) is 0 Å². The Morgan fingerprint density at radius 2 is 1.89 bits per heavy atom. The third-order valence-electron chi connectivity index (χ3n) is 2.42. The highest BCUT2D eigenvalue weighted by Crippen LogP contribution is 2.28.